The molecular formula is C22H27N5O. The lowest BCUT2D eigenvalue weighted by Gasteiger charge is -2.32. The summed E-state index contributed by atoms with van der Waals surface area (Å²) < 4.78 is 0. The molecule has 4 heterocycles. The van der Waals surface area contributed by atoms with Gasteiger partial charge < -0.3 is 15.2 Å². The molecule has 4 rings (SSSR count). The van der Waals surface area contributed by atoms with E-state index in [1.807, 2.05) is 30.6 Å². The van der Waals surface area contributed by atoms with Gasteiger partial charge in [0.05, 0.1) is 11.7 Å². The van der Waals surface area contributed by atoms with Crippen molar-refractivity contribution in [2.24, 2.45) is 11.8 Å². The Hall–Kier alpha value is -2.73. The van der Waals surface area contributed by atoms with E-state index >= 15 is 0 Å². The minimum atomic E-state index is 0.0630. The maximum atomic E-state index is 12.7. The average Bonchev–Trinajstić information content (AvgIpc) is 3.12. The summed E-state index contributed by atoms with van der Waals surface area (Å²) in [6.07, 6.45) is 9.14. The highest BCUT2D eigenvalue weighted by Gasteiger charge is 2.25. The van der Waals surface area contributed by atoms with Crippen molar-refractivity contribution in [3.8, 4) is 11.1 Å². The first kappa shape index (κ1) is 18.6. The summed E-state index contributed by atoms with van der Waals surface area (Å²) in [5.74, 6) is 1.41. The molecule has 1 saturated heterocycles. The highest BCUT2D eigenvalue weighted by molar-refractivity contribution is 5.96. The lowest BCUT2D eigenvalue weighted by atomic mass is 9.95. The molecule has 146 valence electrons. The quantitative estimate of drug-likeness (QED) is 0.706. The molecule has 0 aromatic carbocycles. The number of aromatic amines is 1. The van der Waals surface area contributed by atoms with Crippen molar-refractivity contribution in [3.63, 3.8) is 0 Å². The summed E-state index contributed by atoms with van der Waals surface area (Å²) in [6.45, 7) is 7.57. The Morgan fingerprint density at radius 1 is 1.29 bits per heavy atom. The minimum absolute atomic E-state index is 0.0630. The molecule has 1 aliphatic heterocycles. The van der Waals surface area contributed by atoms with Gasteiger partial charge in [-0.1, -0.05) is 13.8 Å². The van der Waals surface area contributed by atoms with Gasteiger partial charge in [0.1, 0.15) is 5.82 Å². The van der Waals surface area contributed by atoms with Gasteiger partial charge in [-0.3, -0.25) is 9.78 Å². The molecule has 0 saturated carbocycles. The van der Waals surface area contributed by atoms with Gasteiger partial charge >= 0.3 is 0 Å². The zero-order chi connectivity index (χ0) is 19.5. The third-order valence-electron chi connectivity index (χ3n) is 5.39. The van der Waals surface area contributed by atoms with Gasteiger partial charge in [0.15, 0.2) is 0 Å². The Labute approximate surface area is 165 Å². The van der Waals surface area contributed by atoms with E-state index in [9.17, 15) is 4.79 Å². The Kier molecular flexibility index (Phi) is 5.39. The number of amides is 1. The normalized spacial score (nSPS) is 16.0. The number of carbonyl (C=O) groups is 1. The van der Waals surface area contributed by atoms with Crippen LogP contribution in [0.2, 0.25) is 0 Å². The van der Waals surface area contributed by atoms with Crippen molar-refractivity contribution in [2.75, 3.05) is 25.0 Å². The number of carbonyl (C=O) groups excluding carboxylic acids is 1. The van der Waals surface area contributed by atoms with Gasteiger partial charge in [0, 0.05) is 42.0 Å². The van der Waals surface area contributed by atoms with Crippen molar-refractivity contribution >= 4 is 22.6 Å². The van der Waals surface area contributed by atoms with Crippen LogP contribution < -0.4 is 5.32 Å². The fraction of sp³-hybridized carbons (Fsp3) is 0.409. The topological polar surface area (TPSA) is 73.9 Å². The number of aromatic nitrogens is 3. The van der Waals surface area contributed by atoms with E-state index < -0.39 is 0 Å². The van der Waals surface area contributed by atoms with Gasteiger partial charge in [-0.05, 0) is 55.6 Å². The van der Waals surface area contributed by atoms with Crippen LogP contribution in [0.5, 0.6) is 0 Å². The van der Waals surface area contributed by atoms with E-state index in [4.69, 9.17) is 0 Å². The molecule has 1 fully saturated rings. The van der Waals surface area contributed by atoms with Crippen molar-refractivity contribution in [2.45, 2.75) is 26.7 Å². The van der Waals surface area contributed by atoms with Gasteiger partial charge in [-0.2, -0.15) is 0 Å². The molecule has 0 aliphatic carbocycles. The third-order valence-corrected chi connectivity index (χ3v) is 5.39. The number of piperidine rings is 1. The molecule has 28 heavy (non-hydrogen) atoms. The molecule has 3 aromatic heterocycles. The summed E-state index contributed by atoms with van der Waals surface area (Å²) in [5, 5.41) is 4.13. The van der Waals surface area contributed by atoms with Crippen LogP contribution in [0.15, 0.2) is 43.0 Å². The van der Waals surface area contributed by atoms with E-state index in [2.05, 4.69) is 39.0 Å². The number of pyridine rings is 2. The lowest BCUT2D eigenvalue weighted by molar-refractivity contribution is -0.121. The number of rotatable bonds is 5. The maximum absolute atomic E-state index is 12.7. The molecule has 1 aliphatic rings. The zero-order valence-electron chi connectivity index (χ0n) is 16.5. The van der Waals surface area contributed by atoms with Gasteiger partial charge in [0.25, 0.3) is 0 Å². The zero-order valence-corrected chi connectivity index (χ0v) is 16.5. The van der Waals surface area contributed by atoms with Crippen molar-refractivity contribution in [1.82, 2.24) is 19.9 Å². The number of hydrogen-bond acceptors (Lipinski definition) is 4. The predicted octanol–water partition coefficient (Wildman–Crippen LogP) is 3.93. The highest BCUT2D eigenvalue weighted by atomic mass is 16.1. The standard InChI is InChI=1S/C22H27N5O/c1-15(2)14-27-9-5-16(6-10-27)22(28)26-21-11-17(3-8-24-21)19-12-25-20-13-23-7-4-18(19)20/h3-4,7-8,11-13,15-16,25H,5-6,9-10,14H2,1-2H3,(H,24,26,28). The average molecular weight is 377 g/mol. The van der Waals surface area contributed by atoms with Crippen molar-refractivity contribution < 1.29 is 4.79 Å². The number of H-pyrrole nitrogens is 1. The lowest BCUT2D eigenvalue weighted by Crippen LogP contribution is -2.39. The minimum Gasteiger partial charge on any atom is -0.359 e. The van der Waals surface area contributed by atoms with E-state index in [0.29, 0.717) is 11.7 Å². The van der Waals surface area contributed by atoms with Gasteiger partial charge in [-0.15, -0.1) is 0 Å². The number of nitrogens with zero attached hydrogens (tertiary/aromatic N) is 3. The smallest absolute Gasteiger partial charge is 0.228 e. The summed E-state index contributed by atoms with van der Waals surface area (Å²) in [4.78, 5) is 26.9. The number of hydrogen-bond donors (Lipinski definition) is 2. The molecule has 0 radical (unpaired) electrons. The highest BCUT2D eigenvalue weighted by Crippen LogP contribution is 2.29. The summed E-state index contributed by atoms with van der Waals surface area (Å²) in [7, 11) is 0. The number of likely N-dealkylation sites (tertiary alicyclic amines) is 1. The van der Waals surface area contributed by atoms with E-state index in [1.165, 1.54) is 0 Å². The molecule has 0 bridgehead atoms. The van der Waals surface area contributed by atoms with Crippen molar-refractivity contribution in [3.05, 3.63) is 43.0 Å². The van der Waals surface area contributed by atoms with Crippen LogP contribution in [-0.2, 0) is 4.79 Å². The summed E-state index contributed by atoms with van der Waals surface area (Å²) in [6, 6.07) is 5.89. The summed E-state index contributed by atoms with van der Waals surface area (Å²) >= 11 is 0. The molecule has 0 unspecified atom stereocenters. The van der Waals surface area contributed by atoms with Crippen LogP contribution in [0.25, 0.3) is 22.0 Å². The first-order valence-electron chi connectivity index (χ1n) is 10.0. The van der Waals surface area contributed by atoms with Crippen LogP contribution in [0.4, 0.5) is 5.82 Å². The third kappa shape index (κ3) is 4.07. The SMILES string of the molecule is CC(C)CN1CCC(C(=O)Nc2cc(-c3c[nH]c4cnccc34)ccn2)CC1. The van der Waals surface area contributed by atoms with Gasteiger partial charge in [0.2, 0.25) is 5.91 Å². The van der Waals surface area contributed by atoms with E-state index in [-0.39, 0.29) is 11.8 Å². The first-order chi connectivity index (χ1) is 13.6. The Morgan fingerprint density at radius 2 is 2.11 bits per heavy atom. The van der Waals surface area contributed by atoms with Crippen LogP contribution in [0, 0.1) is 11.8 Å². The van der Waals surface area contributed by atoms with E-state index in [0.717, 1.165) is 54.5 Å². The number of fused-ring (bicyclic) bond motifs is 1. The Bertz CT molecular complexity index is 956. The van der Waals surface area contributed by atoms with E-state index in [1.54, 1.807) is 12.4 Å². The van der Waals surface area contributed by atoms with Crippen LogP contribution >= 0.6 is 0 Å². The predicted molar refractivity (Wildman–Crippen MR) is 112 cm³/mol. The molecule has 1 amide bonds. The second kappa shape index (κ2) is 8.10. The molecule has 3 aromatic rings. The van der Waals surface area contributed by atoms with Crippen LogP contribution in [-0.4, -0.2) is 45.4 Å². The largest absolute Gasteiger partial charge is 0.359 e. The maximum Gasteiger partial charge on any atom is 0.228 e. The first-order valence-corrected chi connectivity index (χ1v) is 10.0. The summed E-state index contributed by atoms with van der Waals surface area (Å²) in [5.41, 5.74) is 3.10. The second-order valence-electron chi connectivity index (χ2n) is 8.01. The molecule has 0 atom stereocenters. The molecular weight excluding hydrogens is 350 g/mol. The molecule has 2 N–H and O–H groups in total. The second-order valence-corrected chi connectivity index (χ2v) is 8.01. The Morgan fingerprint density at radius 3 is 2.89 bits per heavy atom. The molecule has 6 nitrogen and oxygen atoms in total. The Balaban J connectivity index is 1.43. The van der Waals surface area contributed by atoms with Gasteiger partial charge in [-0.25, -0.2) is 4.98 Å². The molecule has 0 spiro atoms. The van der Waals surface area contributed by atoms with Crippen LogP contribution in [0.3, 0.4) is 0 Å². The van der Waals surface area contributed by atoms with Crippen molar-refractivity contribution in [1.29, 1.82) is 0 Å². The fourth-order valence-electron chi connectivity index (χ4n) is 4.00. The number of anilines is 1. The van der Waals surface area contributed by atoms with Crippen LogP contribution in [0.1, 0.15) is 26.7 Å². The molecule has 6 heteroatoms. The number of nitrogens with one attached hydrogen (secondary N) is 2. The monoisotopic (exact) mass is 377 g/mol. The fourth-order valence-corrected chi connectivity index (χ4v) is 4.00.